The smallest absolute Gasteiger partial charge is 0.329 e. The fourth-order valence-electron chi connectivity index (χ4n) is 3.29. The molecule has 31 heavy (non-hydrogen) atoms. The summed E-state index contributed by atoms with van der Waals surface area (Å²) < 4.78 is 41.2. The highest BCUT2D eigenvalue weighted by molar-refractivity contribution is 5.83. The summed E-state index contributed by atoms with van der Waals surface area (Å²) in [7, 11) is 0. The van der Waals surface area contributed by atoms with Crippen molar-refractivity contribution in [2.75, 3.05) is 0 Å². The Balaban J connectivity index is 2.08. The van der Waals surface area contributed by atoms with Crippen molar-refractivity contribution in [3.8, 4) is 0 Å². The minimum Gasteiger partial charge on any atom is -0.388 e. The van der Waals surface area contributed by atoms with Crippen LogP contribution in [0.4, 0.5) is 13.2 Å². The average Bonchev–Trinajstić information content (AvgIpc) is 2.64. The lowest BCUT2D eigenvalue weighted by molar-refractivity contribution is -0.132. The van der Waals surface area contributed by atoms with Gasteiger partial charge in [-0.15, -0.1) is 0 Å². The first kappa shape index (κ1) is 22.2. The van der Waals surface area contributed by atoms with Gasteiger partial charge in [0.2, 0.25) is 5.91 Å². The summed E-state index contributed by atoms with van der Waals surface area (Å²) in [4.78, 5) is 44.5. The Morgan fingerprint density at radius 2 is 1.87 bits per heavy atom. The van der Waals surface area contributed by atoms with Gasteiger partial charge in [-0.2, -0.15) is 0 Å². The second kappa shape index (κ2) is 7.99. The fraction of sp³-hybridized carbons (Fsp3) is 0.300. The third kappa shape index (κ3) is 4.36. The average molecular weight is 436 g/mol. The highest BCUT2D eigenvalue weighted by atomic mass is 19.1. The normalized spacial score (nSPS) is 13.8. The molecular formula is C20H19F3N4O4. The monoisotopic (exact) mass is 436 g/mol. The van der Waals surface area contributed by atoms with Gasteiger partial charge >= 0.3 is 5.69 Å². The number of fused-ring (bicyclic) bond motifs is 1. The number of nitrogens with one attached hydrogen (secondary N) is 2. The molecule has 0 fully saturated rings. The van der Waals surface area contributed by atoms with Gasteiger partial charge in [0.1, 0.15) is 23.5 Å². The summed E-state index contributed by atoms with van der Waals surface area (Å²) in [6.45, 7) is 3.74. The number of aromatic nitrogens is 3. The van der Waals surface area contributed by atoms with E-state index in [2.05, 4.69) is 15.3 Å². The molecule has 0 radical (unpaired) electrons. The van der Waals surface area contributed by atoms with Crippen molar-refractivity contribution in [2.24, 2.45) is 0 Å². The molecule has 1 aromatic carbocycles. The number of rotatable bonds is 5. The topological polar surface area (TPSA) is 117 Å². The second-order valence-corrected chi connectivity index (χ2v) is 7.60. The number of hydrogen-bond acceptors (Lipinski definition) is 5. The lowest BCUT2D eigenvalue weighted by Gasteiger charge is -2.30. The summed E-state index contributed by atoms with van der Waals surface area (Å²) in [6.07, 6.45) is 0.765. The lowest BCUT2D eigenvalue weighted by atomic mass is 9.97. The quantitative estimate of drug-likeness (QED) is 0.563. The molecule has 0 saturated carbocycles. The Kier molecular flexibility index (Phi) is 5.72. The second-order valence-electron chi connectivity index (χ2n) is 7.60. The van der Waals surface area contributed by atoms with E-state index in [1.54, 1.807) is 0 Å². The van der Waals surface area contributed by atoms with E-state index in [1.165, 1.54) is 26.8 Å². The maximum absolute atomic E-state index is 14.0. The van der Waals surface area contributed by atoms with Crippen LogP contribution in [0.3, 0.4) is 0 Å². The number of hydrogen-bond donors (Lipinski definition) is 3. The van der Waals surface area contributed by atoms with Crippen molar-refractivity contribution in [3.63, 3.8) is 0 Å². The molecule has 0 spiro atoms. The van der Waals surface area contributed by atoms with E-state index in [9.17, 15) is 32.7 Å². The van der Waals surface area contributed by atoms with Crippen molar-refractivity contribution >= 4 is 16.8 Å². The van der Waals surface area contributed by atoms with Crippen molar-refractivity contribution < 1.29 is 23.1 Å². The largest absolute Gasteiger partial charge is 0.388 e. The van der Waals surface area contributed by atoms with E-state index in [-0.39, 0.29) is 16.6 Å². The molecule has 0 aliphatic carbocycles. The number of benzene rings is 1. The molecule has 0 saturated heterocycles. The Morgan fingerprint density at radius 3 is 2.48 bits per heavy atom. The number of halogens is 3. The van der Waals surface area contributed by atoms with E-state index < -0.39 is 52.3 Å². The van der Waals surface area contributed by atoms with Crippen LogP contribution in [0, 0.1) is 17.5 Å². The molecule has 3 rings (SSSR count). The van der Waals surface area contributed by atoms with Crippen molar-refractivity contribution in [2.45, 2.75) is 38.5 Å². The molecule has 164 valence electrons. The number of amides is 1. The van der Waals surface area contributed by atoms with Gasteiger partial charge in [0.15, 0.2) is 0 Å². The summed E-state index contributed by atoms with van der Waals surface area (Å²) in [5.74, 6) is -3.66. The molecular weight excluding hydrogens is 417 g/mol. The maximum Gasteiger partial charge on any atom is 0.329 e. The minimum absolute atomic E-state index is 0.0495. The van der Waals surface area contributed by atoms with Crippen molar-refractivity contribution in [1.29, 1.82) is 0 Å². The Bertz CT molecular complexity index is 1280. The number of H-pyrrole nitrogens is 1. The van der Waals surface area contributed by atoms with E-state index in [0.717, 1.165) is 18.3 Å². The van der Waals surface area contributed by atoms with Gasteiger partial charge in [-0.05, 0) is 39.0 Å². The fourth-order valence-corrected chi connectivity index (χ4v) is 3.29. The first-order valence-electron chi connectivity index (χ1n) is 9.18. The van der Waals surface area contributed by atoms with Gasteiger partial charge in [0.25, 0.3) is 5.56 Å². The zero-order valence-electron chi connectivity index (χ0n) is 16.7. The van der Waals surface area contributed by atoms with E-state index in [1.807, 2.05) is 0 Å². The summed E-state index contributed by atoms with van der Waals surface area (Å²) in [6, 6.07) is 0.874. The Morgan fingerprint density at radius 1 is 1.19 bits per heavy atom. The molecule has 2 atom stereocenters. The van der Waals surface area contributed by atoms with Gasteiger partial charge in [-0.1, -0.05) is 0 Å². The van der Waals surface area contributed by atoms with E-state index in [0.29, 0.717) is 10.6 Å². The van der Waals surface area contributed by atoms with Crippen LogP contribution in [0.15, 0.2) is 40.1 Å². The predicted octanol–water partition coefficient (Wildman–Crippen LogP) is 1.69. The molecule has 8 nitrogen and oxygen atoms in total. The number of pyridine rings is 1. The van der Waals surface area contributed by atoms with Crippen LogP contribution in [0.1, 0.15) is 38.5 Å². The number of carbonyl (C=O) groups excluding carboxylic acids is 1. The number of aliphatic hydroxyl groups is 1. The van der Waals surface area contributed by atoms with Gasteiger partial charge in [-0.25, -0.2) is 22.5 Å². The molecule has 3 aromatic rings. The first-order valence-corrected chi connectivity index (χ1v) is 9.18. The van der Waals surface area contributed by atoms with Crippen LogP contribution in [0.25, 0.3) is 10.9 Å². The minimum atomic E-state index is -1.93. The van der Waals surface area contributed by atoms with Gasteiger partial charge < -0.3 is 15.4 Å². The van der Waals surface area contributed by atoms with E-state index in [4.69, 9.17) is 0 Å². The summed E-state index contributed by atoms with van der Waals surface area (Å²) in [5, 5.41) is 12.7. The van der Waals surface area contributed by atoms with Gasteiger partial charge in [-0.3, -0.25) is 14.6 Å². The zero-order chi connectivity index (χ0) is 23.1. The molecule has 2 heterocycles. The third-order valence-electron chi connectivity index (χ3n) is 4.67. The van der Waals surface area contributed by atoms with Crippen LogP contribution < -0.4 is 16.6 Å². The number of carbonyl (C=O) groups is 1. The van der Waals surface area contributed by atoms with E-state index >= 15 is 0 Å². The molecule has 3 N–H and O–H groups in total. The SMILES string of the molecule is C[C@H](NC(=O)[C@H](n1c(=O)[nH]c2ccc(F)cc2c1=O)C(C)(C)O)c1ncc(F)cc1F. The van der Waals surface area contributed by atoms with Crippen LogP contribution in [-0.4, -0.2) is 31.1 Å². The molecule has 0 bridgehead atoms. The summed E-state index contributed by atoms with van der Waals surface area (Å²) in [5.41, 5.74) is -4.18. The Hall–Kier alpha value is -3.47. The molecule has 11 heteroatoms. The molecule has 0 aliphatic rings. The van der Waals surface area contributed by atoms with Crippen molar-refractivity contribution in [3.05, 3.63) is 74.4 Å². The van der Waals surface area contributed by atoms with Crippen molar-refractivity contribution in [1.82, 2.24) is 19.9 Å². The van der Waals surface area contributed by atoms with Gasteiger partial charge in [0, 0.05) is 6.07 Å². The number of aromatic amines is 1. The van der Waals surface area contributed by atoms with Crippen LogP contribution in [0.2, 0.25) is 0 Å². The van der Waals surface area contributed by atoms with Crippen LogP contribution in [0.5, 0.6) is 0 Å². The third-order valence-corrected chi connectivity index (χ3v) is 4.67. The standard InChI is InChI=1S/C20H19F3N4O4/c1-9(15-13(23)7-11(22)8-24-15)25-17(28)16(20(2,3)31)27-18(29)12-6-10(21)4-5-14(12)26-19(27)30/h4-9,16,31H,1-3H3,(H,25,28)(H,26,30)/t9-,16-/m0/s1. The molecule has 2 aromatic heterocycles. The highest BCUT2D eigenvalue weighted by Crippen LogP contribution is 2.23. The first-order chi connectivity index (χ1) is 14.4. The highest BCUT2D eigenvalue weighted by Gasteiger charge is 2.38. The van der Waals surface area contributed by atoms with Crippen LogP contribution >= 0.6 is 0 Å². The maximum atomic E-state index is 14.0. The molecule has 1 amide bonds. The predicted molar refractivity (Wildman–Crippen MR) is 105 cm³/mol. The molecule has 0 unspecified atom stereocenters. The Labute approximate surface area is 173 Å². The van der Waals surface area contributed by atoms with Gasteiger partial charge in [0.05, 0.1) is 34.4 Å². The lowest BCUT2D eigenvalue weighted by Crippen LogP contribution is -2.53. The molecule has 0 aliphatic heterocycles. The summed E-state index contributed by atoms with van der Waals surface area (Å²) >= 11 is 0. The number of nitrogens with zero attached hydrogens (tertiary/aromatic N) is 2. The van der Waals surface area contributed by atoms with Crippen LogP contribution in [-0.2, 0) is 4.79 Å². The zero-order valence-corrected chi connectivity index (χ0v) is 16.7.